The van der Waals surface area contributed by atoms with Crippen LogP contribution in [0.1, 0.15) is 44.0 Å². The van der Waals surface area contributed by atoms with Crippen LogP contribution < -0.4 is 20.7 Å². The summed E-state index contributed by atoms with van der Waals surface area (Å²) in [4.78, 5) is 28.5. The van der Waals surface area contributed by atoms with Crippen molar-refractivity contribution in [2.75, 3.05) is 10.6 Å². The second-order valence-corrected chi connectivity index (χ2v) is 8.31. The molecule has 7 nitrogen and oxygen atoms in total. The summed E-state index contributed by atoms with van der Waals surface area (Å²) < 4.78 is 6.66. The van der Waals surface area contributed by atoms with Gasteiger partial charge in [-0.25, -0.2) is 4.98 Å². The van der Waals surface area contributed by atoms with Crippen molar-refractivity contribution >= 4 is 61.5 Å². The lowest BCUT2D eigenvalue weighted by atomic mass is 10.2. The van der Waals surface area contributed by atoms with Crippen LogP contribution in [0.2, 0.25) is 0 Å². The van der Waals surface area contributed by atoms with Crippen LogP contribution in [0.25, 0.3) is 10.2 Å². The fraction of sp³-hybridized carbons (Fsp3) is 0.273. The molecule has 0 spiro atoms. The highest BCUT2D eigenvalue weighted by molar-refractivity contribution is 7.80. The van der Waals surface area contributed by atoms with E-state index < -0.39 is 0 Å². The van der Waals surface area contributed by atoms with Gasteiger partial charge in [0.05, 0.1) is 16.3 Å². The van der Waals surface area contributed by atoms with Crippen molar-refractivity contribution in [1.82, 2.24) is 10.3 Å². The molecule has 3 N–H and O–H groups in total. The number of thiazole rings is 1. The van der Waals surface area contributed by atoms with Crippen LogP contribution >= 0.6 is 23.6 Å². The monoisotopic (exact) mass is 456 g/mol. The molecule has 0 unspecified atom stereocenters. The first-order chi connectivity index (χ1) is 14.9. The molecule has 0 fully saturated rings. The van der Waals surface area contributed by atoms with Crippen molar-refractivity contribution in [2.24, 2.45) is 0 Å². The van der Waals surface area contributed by atoms with Crippen LogP contribution in [-0.2, 0) is 4.79 Å². The van der Waals surface area contributed by atoms with E-state index in [0.717, 1.165) is 16.6 Å². The maximum Gasteiger partial charge on any atom is 0.257 e. The molecule has 1 atom stereocenters. The number of aromatic nitrogens is 1. The second kappa shape index (κ2) is 10.3. The number of benzene rings is 2. The molecule has 0 radical (unpaired) electrons. The Morgan fingerprint density at radius 2 is 1.97 bits per heavy atom. The number of amides is 2. The topological polar surface area (TPSA) is 92.4 Å². The van der Waals surface area contributed by atoms with Gasteiger partial charge in [0.2, 0.25) is 5.91 Å². The standard InChI is InChI=1S/C22H24N4O3S2/c1-4-13(3)29-16-8-6-7-14(11-16)20(28)26-21(30)23-15-9-10-17-18(12-15)31-22(24-17)25-19(27)5-2/h6-13H,4-5H2,1-3H3,(H,24,25,27)(H2,23,26,28,30)/t13-/m1/s1. The number of fused-ring (bicyclic) bond motifs is 1. The number of rotatable bonds is 7. The molecule has 0 aliphatic carbocycles. The van der Waals surface area contributed by atoms with Gasteiger partial charge in [-0.1, -0.05) is 31.3 Å². The third-order valence-electron chi connectivity index (χ3n) is 4.45. The van der Waals surface area contributed by atoms with Crippen molar-refractivity contribution in [3.05, 3.63) is 48.0 Å². The van der Waals surface area contributed by atoms with Crippen molar-refractivity contribution in [1.29, 1.82) is 0 Å². The van der Waals surface area contributed by atoms with E-state index in [1.165, 1.54) is 11.3 Å². The zero-order chi connectivity index (χ0) is 22.4. The lowest BCUT2D eigenvalue weighted by Crippen LogP contribution is -2.34. The number of hydrogen-bond donors (Lipinski definition) is 3. The average Bonchev–Trinajstić information content (AvgIpc) is 3.14. The Morgan fingerprint density at radius 3 is 2.71 bits per heavy atom. The van der Waals surface area contributed by atoms with E-state index in [9.17, 15) is 9.59 Å². The number of ether oxygens (including phenoxy) is 1. The quantitative estimate of drug-likeness (QED) is 0.436. The molecule has 3 aromatic rings. The van der Waals surface area contributed by atoms with Crippen LogP contribution in [0.4, 0.5) is 10.8 Å². The predicted octanol–water partition coefficient (Wildman–Crippen LogP) is 4.95. The molecule has 162 valence electrons. The normalized spacial score (nSPS) is 11.6. The number of anilines is 2. The van der Waals surface area contributed by atoms with E-state index in [-0.39, 0.29) is 23.0 Å². The van der Waals surface area contributed by atoms with E-state index in [0.29, 0.717) is 28.6 Å². The first kappa shape index (κ1) is 22.6. The van der Waals surface area contributed by atoms with Crippen molar-refractivity contribution in [2.45, 2.75) is 39.7 Å². The Hall–Kier alpha value is -3.04. The Labute approximate surface area is 190 Å². The molecule has 1 heterocycles. The molecular formula is C22H24N4O3S2. The minimum Gasteiger partial charge on any atom is -0.491 e. The SMILES string of the molecule is CCC(=O)Nc1nc2ccc(NC(=S)NC(=O)c3cccc(O[C@H](C)CC)c3)cc2s1. The predicted molar refractivity (Wildman–Crippen MR) is 129 cm³/mol. The average molecular weight is 457 g/mol. The molecule has 31 heavy (non-hydrogen) atoms. The van der Waals surface area contributed by atoms with Gasteiger partial charge in [0.15, 0.2) is 10.2 Å². The molecule has 0 saturated carbocycles. The summed E-state index contributed by atoms with van der Waals surface area (Å²) in [6, 6.07) is 12.5. The molecule has 0 bridgehead atoms. The third-order valence-corrected chi connectivity index (χ3v) is 5.59. The van der Waals surface area contributed by atoms with Crippen LogP contribution in [0.5, 0.6) is 5.75 Å². The zero-order valence-corrected chi connectivity index (χ0v) is 19.2. The maximum absolute atomic E-state index is 12.6. The smallest absolute Gasteiger partial charge is 0.257 e. The summed E-state index contributed by atoms with van der Waals surface area (Å²) in [5.41, 5.74) is 1.94. The molecule has 0 aliphatic heterocycles. The fourth-order valence-electron chi connectivity index (χ4n) is 2.63. The van der Waals surface area contributed by atoms with Gasteiger partial charge in [0.25, 0.3) is 5.91 Å². The molecule has 2 aromatic carbocycles. The molecule has 0 saturated heterocycles. The Kier molecular flexibility index (Phi) is 7.54. The van der Waals surface area contributed by atoms with Crippen LogP contribution in [0, 0.1) is 0 Å². The highest BCUT2D eigenvalue weighted by Gasteiger charge is 2.11. The second-order valence-electron chi connectivity index (χ2n) is 6.88. The van der Waals surface area contributed by atoms with Gasteiger partial charge < -0.3 is 15.4 Å². The lowest BCUT2D eigenvalue weighted by molar-refractivity contribution is -0.115. The van der Waals surface area contributed by atoms with Gasteiger partial charge >= 0.3 is 0 Å². The van der Waals surface area contributed by atoms with Crippen LogP contribution in [-0.4, -0.2) is 28.0 Å². The zero-order valence-electron chi connectivity index (χ0n) is 17.5. The minimum atomic E-state index is -0.324. The van der Waals surface area contributed by atoms with Crippen molar-refractivity contribution in [3.8, 4) is 5.75 Å². The number of carbonyl (C=O) groups is 2. The molecule has 3 rings (SSSR count). The Morgan fingerprint density at radius 1 is 1.16 bits per heavy atom. The van der Waals surface area contributed by atoms with Gasteiger partial charge in [-0.3, -0.25) is 14.9 Å². The Bertz CT molecular complexity index is 1110. The van der Waals surface area contributed by atoms with E-state index in [2.05, 4.69) is 20.9 Å². The highest BCUT2D eigenvalue weighted by atomic mass is 32.1. The largest absolute Gasteiger partial charge is 0.491 e. The summed E-state index contributed by atoms with van der Waals surface area (Å²) in [6.07, 6.45) is 1.34. The number of thiocarbonyl (C=S) groups is 1. The highest BCUT2D eigenvalue weighted by Crippen LogP contribution is 2.28. The third kappa shape index (κ3) is 6.22. The van der Waals surface area contributed by atoms with Gasteiger partial charge in [0, 0.05) is 17.7 Å². The summed E-state index contributed by atoms with van der Waals surface area (Å²) in [7, 11) is 0. The number of nitrogens with one attached hydrogen (secondary N) is 3. The summed E-state index contributed by atoms with van der Waals surface area (Å²) in [5, 5.41) is 9.19. The van der Waals surface area contributed by atoms with E-state index >= 15 is 0 Å². The number of nitrogens with zero attached hydrogens (tertiary/aromatic N) is 1. The fourth-order valence-corrected chi connectivity index (χ4v) is 3.76. The molecular weight excluding hydrogens is 432 g/mol. The molecule has 2 amide bonds. The van der Waals surface area contributed by atoms with Crippen LogP contribution in [0.15, 0.2) is 42.5 Å². The van der Waals surface area contributed by atoms with Crippen LogP contribution in [0.3, 0.4) is 0 Å². The van der Waals surface area contributed by atoms with E-state index in [1.54, 1.807) is 25.1 Å². The van der Waals surface area contributed by atoms with Gasteiger partial charge in [-0.05, 0) is 62.0 Å². The molecule has 9 heteroatoms. The summed E-state index contributed by atoms with van der Waals surface area (Å²) in [5.74, 6) is 0.234. The van der Waals surface area contributed by atoms with E-state index in [4.69, 9.17) is 17.0 Å². The lowest BCUT2D eigenvalue weighted by Gasteiger charge is -2.14. The van der Waals surface area contributed by atoms with E-state index in [1.807, 2.05) is 38.1 Å². The summed E-state index contributed by atoms with van der Waals surface area (Å²) in [6.45, 7) is 5.80. The molecule has 1 aromatic heterocycles. The maximum atomic E-state index is 12.6. The van der Waals surface area contributed by atoms with Gasteiger partial charge in [-0.2, -0.15) is 0 Å². The minimum absolute atomic E-state index is 0.0681. The van der Waals surface area contributed by atoms with Crippen molar-refractivity contribution in [3.63, 3.8) is 0 Å². The summed E-state index contributed by atoms with van der Waals surface area (Å²) >= 11 is 6.66. The Balaban J connectivity index is 1.63. The number of hydrogen-bond acceptors (Lipinski definition) is 6. The first-order valence-corrected chi connectivity index (χ1v) is 11.2. The first-order valence-electron chi connectivity index (χ1n) is 9.97. The number of carbonyl (C=O) groups excluding carboxylic acids is 2. The van der Waals surface area contributed by atoms with Gasteiger partial charge in [-0.15, -0.1) is 0 Å². The van der Waals surface area contributed by atoms with Crippen molar-refractivity contribution < 1.29 is 14.3 Å². The van der Waals surface area contributed by atoms with Gasteiger partial charge in [0.1, 0.15) is 5.75 Å². The molecule has 0 aliphatic rings.